The molecule has 0 atom stereocenters. The molecule has 0 bridgehead atoms. The highest BCUT2D eigenvalue weighted by Crippen LogP contribution is 2.33. The van der Waals surface area contributed by atoms with E-state index in [1.54, 1.807) is 18.2 Å². The molecule has 0 saturated carbocycles. The lowest BCUT2D eigenvalue weighted by Crippen LogP contribution is -1.97. The smallest absolute Gasteiger partial charge is 0.160 e. The molecule has 1 nitrogen and oxygen atoms in total. The summed E-state index contributed by atoms with van der Waals surface area (Å²) in [6.07, 6.45) is 0. The number of rotatable bonds is 2. The Bertz CT molecular complexity index is 623. The van der Waals surface area contributed by atoms with Gasteiger partial charge < -0.3 is 0 Å². The van der Waals surface area contributed by atoms with Crippen molar-refractivity contribution in [1.82, 2.24) is 0 Å². The highest BCUT2D eigenvalue weighted by Gasteiger charge is 2.13. The molecule has 2 aromatic rings. The van der Waals surface area contributed by atoms with Crippen LogP contribution in [0.5, 0.6) is 0 Å². The van der Waals surface area contributed by atoms with Crippen molar-refractivity contribution >= 4 is 29.0 Å². The van der Waals surface area contributed by atoms with Gasteiger partial charge in [0, 0.05) is 21.2 Å². The van der Waals surface area contributed by atoms with Crippen LogP contribution in [0.25, 0.3) is 11.1 Å². The van der Waals surface area contributed by atoms with Crippen LogP contribution in [0.15, 0.2) is 36.4 Å². The third-order valence-electron chi connectivity index (χ3n) is 2.58. The van der Waals surface area contributed by atoms with Crippen LogP contribution in [0.2, 0.25) is 10.0 Å². The average Bonchev–Trinajstić information content (AvgIpc) is 2.32. The lowest BCUT2D eigenvalue weighted by molar-refractivity contribution is 0.101. The van der Waals surface area contributed by atoms with Crippen LogP contribution in [0.4, 0.5) is 4.39 Å². The van der Waals surface area contributed by atoms with E-state index in [2.05, 4.69) is 0 Å². The van der Waals surface area contributed by atoms with Crippen molar-refractivity contribution in [3.63, 3.8) is 0 Å². The largest absolute Gasteiger partial charge is 0.294 e. The summed E-state index contributed by atoms with van der Waals surface area (Å²) in [5, 5.41) is 0.974. The third-order valence-corrected chi connectivity index (χ3v) is 3.14. The predicted octanol–water partition coefficient (Wildman–Crippen LogP) is 5.00. The Morgan fingerprint density at radius 3 is 2.44 bits per heavy atom. The zero-order valence-electron chi connectivity index (χ0n) is 9.51. The minimum atomic E-state index is -0.456. The summed E-state index contributed by atoms with van der Waals surface area (Å²) in [6, 6.07) is 8.98. The van der Waals surface area contributed by atoms with Gasteiger partial charge in [0.05, 0.1) is 0 Å². The molecule has 0 radical (unpaired) electrons. The fourth-order valence-electron chi connectivity index (χ4n) is 1.75. The summed E-state index contributed by atoms with van der Waals surface area (Å²) < 4.78 is 13.2. The fourth-order valence-corrected chi connectivity index (χ4v) is 2.14. The Balaban J connectivity index is 2.70. The minimum absolute atomic E-state index is 0.222. The van der Waals surface area contributed by atoms with Gasteiger partial charge in [-0.15, -0.1) is 0 Å². The Kier molecular flexibility index (Phi) is 3.69. The van der Waals surface area contributed by atoms with Gasteiger partial charge in [0.2, 0.25) is 0 Å². The van der Waals surface area contributed by atoms with Gasteiger partial charge in [-0.25, -0.2) is 4.39 Å². The van der Waals surface area contributed by atoms with Gasteiger partial charge in [-0.05, 0) is 42.8 Å². The van der Waals surface area contributed by atoms with Crippen LogP contribution in [0.3, 0.4) is 0 Å². The lowest BCUT2D eigenvalue weighted by Gasteiger charge is -2.09. The number of carbonyl (C=O) groups is 1. The molecule has 4 heteroatoms. The van der Waals surface area contributed by atoms with Crippen molar-refractivity contribution in [2.75, 3.05) is 0 Å². The second kappa shape index (κ2) is 5.09. The molecule has 0 aliphatic heterocycles. The number of benzene rings is 2. The standard InChI is InChI=1S/C14H9Cl2FO/c1-8(18)12-7-10(17)3-4-11(12)13-6-9(15)2-5-14(13)16/h2-7H,1H3. The molecule has 0 N–H and O–H groups in total. The maximum Gasteiger partial charge on any atom is 0.160 e. The Morgan fingerprint density at radius 2 is 1.78 bits per heavy atom. The van der Waals surface area contributed by atoms with E-state index in [0.717, 1.165) is 0 Å². The maximum absolute atomic E-state index is 13.2. The van der Waals surface area contributed by atoms with E-state index in [1.807, 2.05) is 0 Å². The molecule has 0 amide bonds. The highest BCUT2D eigenvalue weighted by molar-refractivity contribution is 6.35. The molecule has 0 fully saturated rings. The monoisotopic (exact) mass is 282 g/mol. The molecule has 0 heterocycles. The third kappa shape index (κ3) is 2.55. The quantitative estimate of drug-likeness (QED) is 0.709. The highest BCUT2D eigenvalue weighted by atomic mass is 35.5. The van der Waals surface area contributed by atoms with E-state index < -0.39 is 5.82 Å². The maximum atomic E-state index is 13.2. The van der Waals surface area contributed by atoms with Gasteiger partial charge in [0.1, 0.15) is 5.82 Å². The summed E-state index contributed by atoms with van der Waals surface area (Å²) in [7, 11) is 0. The minimum Gasteiger partial charge on any atom is -0.294 e. The van der Waals surface area contributed by atoms with E-state index in [1.165, 1.54) is 25.1 Å². The molecule has 2 aromatic carbocycles. The molecule has 0 aromatic heterocycles. The van der Waals surface area contributed by atoms with Gasteiger partial charge in [0.15, 0.2) is 5.78 Å². The molecule has 2 rings (SSSR count). The Hall–Kier alpha value is -1.38. The zero-order valence-corrected chi connectivity index (χ0v) is 11.0. The van der Waals surface area contributed by atoms with Gasteiger partial charge in [0.25, 0.3) is 0 Å². The van der Waals surface area contributed by atoms with Gasteiger partial charge in [-0.1, -0.05) is 29.3 Å². The molecule has 18 heavy (non-hydrogen) atoms. The summed E-state index contributed by atoms with van der Waals surface area (Å²) in [6.45, 7) is 1.39. The van der Waals surface area contributed by atoms with E-state index >= 15 is 0 Å². The molecule has 0 saturated heterocycles. The normalized spacial score (nSPS) is 10.4. The fraction of sp³-hybridized carbons (Fsp3) is 0.0714. The second-order valence-corrected chi connectivity index (χ2v) is 4.71. The summed E-state index contributed by atoms with van der Waals surface area (Å²) in [5.74, 6) is -0.678. The van der Waals surface area contributed by atoms with Crippen molar-refractivity contribution < 1.29 is 9.18 Å². The number of ketones is 1. The molecular weight excluding hydrogens is 274 g/mol. The van der Waals surface area contributed by atoms with Crippen LogP contribution in [0.1, 0.15) is 17.3 Å². The topological polar surface area (TPSA) is 17.1 Å². The van der Waals surface area contributed by atoms with Crippen molar-refractivity contribution in [2.24, 2.45) is 0 Å². The lowest BCUT2D eigenvalue weighted by atomic mass is 9.97. The van der Waals surface area contributed by atoms with Crippen molar-refractivity contribution in [1.29, 1.82) is 0 Å². The summed E-state index contributed by atoms with van der Waals surface area (Å²) >= 11 is 12.0. The van der Waals surface area contributed by atoms with Crippen LogP contribution < -0.4 is 0 Å². The molecular formula is C14H9Cl2FO. The Morgan fingerprint density at radius 1 is 1.06 bits per heavy atom. The average molecular weight is 283 g/mol. The van der Waals surface area contributed by atoms with Crippen LogP contribution >= 0.6 is 23.2 Å². The van der Waals surface area contributed by atoms with Gasteiger partial charge in [-0.3, -0.25) is 4.79 Å². The first-order chi connectivity index (χ1) is 8.49. The van der Waals surface area contributed by atoms with Crippen molar-refractivity contribution in [3.8, 4) is 11.1 Å². The number of Topliss-reactive ketones (excluding diaryl/α,β-unsaturated/α-hetero) is 1. The van der Waals surface area contributed by atoms with Gasteiger partial charge in [-0.2, -0.15) is 0 Å². The molecule has 0 aliphatic rings. The van der Waals surface area contributed by atoms with Crippen LogP contribution in [-0.2, 0) is 0 Å². The van der Waals surface area contributed by atoms with Crippen molar-refractivity contribution in [3.05, 3.63) is 57.8 Å². The van der Waals surface area contributed by atoms with E-state index in [9.17, 15) is 9.18 Å². The van der Waals surface area contributed by atoms with E-state index in [0.29, 0.717) is 26.7 Å². The molecule has 0 aliphatic carbocycles. The van der Waals surface area contributed by atoms with Crippen LogP contribution in [-0.4, -0.2) is 5.78 Å². The molecule has 0 spiro atoms. The first-order valence-corrected chi connectivity index (χ1v) is 6.00. The zero-order chi connectivity index (χ0) is 13.3. The number of hydrogen-bond donors (Lipinski definition) is 0. The van der Waals surface area contributed by atoms with Crippen LogP contribution in [0, 0.1) is 5.82 Å². The first-order valence-electron chi connectivity index (χ1n) is 5.25. The number of halogens is 3. The van der Waals surface area contributed by atoms with Gasteiger partial charge >= 0.3 is 0 Å². The SMILES string of the molecule is CC(=O)c1cc(F)ccc1-c1cc(Cl)ccc1Cl. The molecule has 0 unspecified atom stereocenters. The number of carbonyl (C=O) groups excluding carboxylic acids is 1. The van der Waals surface area contributed by atoms with E-state index in [4.69, 9.17) is 23.2 Å². The summed E-state index contributed by atoms with van der Waals surface area (Å²) in [4.78, 5) is 11.5. The first kappa shape index (κ1) is 13.1. The van der Waals surface area contributed by atoms with Crippen molar-refractivity contribution in [2.45, 2.75) is 6.92 Å². The second-order valence-electron chi connectivity index (χ2n) is 3.87. The summed E-state index contributed by atoms with van der Waals surface area (Å²) in [5.41, 5.74) is 1.49. The van der Waals surface area contributed by atoms with E-state index in [-0.39, 0.29) is 5.78 Å². The molecule has 92 valence electrons. The predicted molar refractivity (Wildman–Crippen MR) is 71.9 cm³/mol. The number of hydrogen-bond acceptors (Lipinski definition) is 1. The Labute approximate surface area is 114 Å².